The maximum absolute atomic E-state index is 9.90. The van der Waals surface area contributed by atoms with Gasteiger partial charge in [-0.1, -0.05) is 0 Å². The van der Waals surface area contributed by atoms with Gasteiger partial charge in [0.05, 0.1) is 6.61 Å². The molecule has 0 saturated carbocycles. The summed E-state index contributed by atoms with van der Waals surface area (Å²) in [5, 5.41) is 43.5. The molecule has 0 aliphatic rings. The van der Waals surface area contributed by atoms with E-state index in [1.54, 1.807) is 0 Å². The molecular formula is C6H12Cl3Na3O6. The molecule has 0 spiro atoms. The SMILES string of the molecule is O=C[C@H](O)[C@@H](O)[C@H](O)[C@H](O)CO.[Cl-].[Cl-].[Cl-].[Na+].[Na+].[Na+]. The van der Waals surface area contributed by atoms with Crippen LogP contribution in [0.15, 0.2) is 0 Å². The van der Waals surface area contributed by atoms with E-state index in [1.165, 1.54) is 0 Å². The van der Waals surface area contributed by atoms with Crippen LogP contribution in [0.5, 0.6) is 0 Å². The quantitative estimate of drug-likeness (QED) is 0.247. The van der Waals surface area contributed by atoms with Crippen LogP contribution < -0.4 is 126 Å². The molecule has 0 aromatic rings. The van der Waals surface area contributed by atoms with Crippen LogP contribution in [0.1, 0.15) is 0 Å². The average molecular weight is 355 g/mol. The standard InChI is InChI=1S/C6H12O6.3ClH.3Na/c7-1-3(9)5(11)6(12)4(10)2-8;;;;;;/h1,3-6,8-12H,2H2;3*1H;;;/q;;;;3*+1/p-3/t3-,4+,5+,6+;;;;;;/m0....../s1. The van der Waals surface area contributed by atoms with Crippen molar-refractivity contribution in [2.24, 2.45) is 0 Å². The molecule has 96 valence electrons. The minimum absolute atomic E-state index is 0. The molecule has 0 fully saturated rings. The third-order valence-electron chi connectivity index (χ3n) is 1.42. The van der Waals surface area contributed by atoms with E-state index < -0.39 is 31.0 Å². The summed E-state index contributed by atoms with van der Waals surface area (Å²) in [6.45, 7) is -0.760. The van der Waals surface area contributed by atoms with Gasteiger partial charge in [0.25, 0.3) is 0 Å². The van der Waals surface area contributed by atoms with Gasteiger partial charge in [0.2, 0.25) is 0 Å². The molecule has 0 radical (unpaired) electrons. The van der Waals surface area contributed by atoms with Crippen LogP contribution in [-0.2, 0) is 4.79 Å². The Morgan fingerprint density at radius 3 is 1.39 bits per heavy atom. The Morgan fingerprint density at radius 2 is 1.17 bits per heavy atom. The van der Waals surface area contributed by atoms with Gasteiger partial charge in [-0.3, -0.25) is 0 Å². The number of halogens is 3. The Bertz CT molecular complexity index is 161. The van der Waals surface area contributed by atoms with E-state index >= 15 is 0 Å². The Balaban J connectivity index is -0.0000000403. The van der Waals surface area contributed by atoms with Crippen molar-refractivity contribution in [3.8, 4) is 0 Å². The van der Waals surface area contributed by atoms with E-state index in [2.05, 4.69) is 0 Å². The summed E-state index contributed by atoms with van der Waals surface area (Å²) >= 11 is 0. The Kier molecular flexibility index (Phi) is 60.4. The number of aldehydes is 1. The predicted octanol–water partition coefficient (Wildman–Crippen LogP) is -21.4. The van der Waals surface area contributed by atoms with Crippen LogP contribution >= 0.6 is 0 Å². The third kappa shape index (κ3) is 17.4. The van der Waals surface area contributed by atoms with Gasteiger partial charge < -0.3 is 67.5 Å². The van der Waals surface area contributed by atoms with Crippen molar-refractivity contribution < 1.29 is 156 Å². The fourth-order valence-electron chi connectivity index (χ4n) is 0.618. The van der Waals surface area contributed by atoms with Crippen molar-refractivity contribution in [1.82, 2.24) is 0 Å². The van der Waals surface area contributed by atoms with Gasteiger partial charge in [0, 0.05) is 0 Å². The first-order valence-electron chi connectivity index (χ1n) is 3.33. The number of carbonyl (C=O) groups excluding carboxylic acids is 1. The first-order valence-corrected chi connectivity index (χ1v) is 3.33. The summed E-state index contributed by atoms with van der Waals surface area (Å²) in [5.41, 5.74) is 0. The summed E-state index contributed by atoms with van der Waals surface area (Å²) in [7, 11) is 0. The van der Waals surface area contributed by atoms with Crippen LogP contribution in [-0.4, -0.2) is 62.8 Å². The van der Waals surface area contributed by atoms with Crippen molar-refractivity contribution in [3.63, 3.8) is 0 Å². The zero-order valence-corrected chi connectivity index (χ0v) is 18.6. The van der Waals surface area contributed by atoms with Gasteiger partial charge in [-0.15, -0.1) is 0 Å². The summed E-state index contributed by atoms with van der Waals surface area (Å²) in [4.78, 5) is 9.90. The molecule has 0 amide bonds. The molecule has 12 heteroatoms. The first-order chi connectivity index (χ1) is 5.54. The van der Waals surface area contributed by atoms with Crippen molar-refractivity contribution in [2.45, 2.75) is 24.4 Å². The molecule has 6 nitrogen and oxygen atoms in total. The second-order valence-corrected chi connectivity index (χ2v) is 2.36. The van der Waals surface area contributed by atoms with Gasteiger partial charge in [-0.2, -0.15) is 0 Å². The molecule has 0 unspecified atom stereocenters. The monoisotopic (exact) mass is 354 g/mol. The number of rotatable bonds is 5. The molecular weight excluding hydrogens is 343 g/mol. The molecule has 0 saturated heterocycles. The summed E-state index contributed by atoms with van der Waals surface area (Å²) < 4.78 is 0. The minimum Gasteiger partial charge on any atom is -1.00 e. The maximum Gasteiger partial charge on any atom is 1.00 e. The van der Waals surface area contributed by atoms with Gasteiger partial charge in [-0.05, 0) is 0 Å². The average Bonchev–Trinajstić information content (AvgIpc) is 2.12. The van der Waals surface area contributed by atoms with Gasteiger partial charge in [0.15, 0.2) is 6.29 Å². The van der Waals surface area contributed by atoms with Crippen molar-refractivity contribution in [3.05, 3.63) is 0 Å². The van der Waals surface area contributed by atoms with E-state index in [4.69, 9.17) is 25.5 Å². The predicted molar refractivity (Wildman–Crippen MR) is 37.2 cm³/mol. The Labute approximate surface area is 190 Å². The minimum atomic E-state index is -1.79. The van der Waals surface area contributed by atoms with Crippen LogP contribution in [0, 0.1) is 0 Å². The first kappa shape index (κ1) is 42.9. The van der Waals surface area contributed by atoms with Crippen LogP contribution in [0.2, 0.25) is 0 Å². The summed E-state index contributed by atoms with van der Waals surface area (Å²) in [5.74, 6) is 0. The molecule has 0 bridgehead atoms. The number of aliphatic hydroxyl groups is 5. The van der Waals surface area contributed by atoms with Crippen LogP contribution in [0.4, 0.5) is 0 Å². The molecule has 0 heterocycles. The van der Waals surface area contributed by atoms with E-state index in [9.17, 15) is 4.79 Å². The summed E-state index contributed by atoms with van der Waals surface area (Å²) in [6, 6.07) is 0. The van der Waals surface area contributed by atoms with E-state index in [0.717, 1.165) is 0 Å². The third-order valence-corrected chi connectivity index (χ3v) is 1.42. The molecule has 0 aliphatic carbocycles. The number of hydrogen-bond donors (Lipinski definition) is 5. The molecule has 0 aromatic carbocycles. The van der Waals surface area contributed by atoms with Gasteiger partial charge in [-0.25, -0.2) is 0 Å². The Hall–Kier alpha value is 3.34. The summed E-state index contributed by atoms with van der Waals surface area (Å²) in [6.07, 6.45) is -6.84. The number of carbonyl (C=O) groups is 1. The number of hydrogen-bond acceptors (Lipinski definition) is 6. The van der Waals surface area contributed by atoms with Crippen LogP contribution in [0.3, 0.4) is 0 Å². The molecule has 5 N–H and O–H groups in total. The fourth-order valence-corrected chi connectivity index (χ4v) is 0.618. The smallest absolute Gasteiger partial charge is 1.00 e. The topological polar surface area (TPSA) is 118 Å². The van der Waals surface area contributed by atoms with E-state index in [0.29, 0.717) is 0 Å². The van der Waals surface area contributed by atoms with Crippen molar-refractivity contribution >= 4 is 6.29 Å². The molecule has 0 aromatic heterocycles. The van der Waals surface area contributed by atoms with Crippen molar-refractivity contribution in [2.75, 3.05) is 6.61 Å². The van der Waals surface area contributed by atoms with E-state index in [-0.39, 0.29) is 132 Å². The second kappa shape index (κ2) is 25.3. The number of aliphatic hydroxyl groups excluding tert-OH is 5. The maximum atomic E-state index is 9.90. The molecule has 4 atom stereocenters. The van der Waals surface area contributed by atoms with Gasteiger partial charge >= 0.3 is 88.7 Å². The normalized spacial score (nSPS) is 14.1. The molecule has 0 aliphatic heterocycles. The molecule has 18 heavy (non-hydrogen) atoms. The fraction of sp³-hybridized carbons (Fsp3) is 0.833. The van der Waals surface area contributed by atoms with Crippen LogP contribution in [0.25, 0.3) is 0 Å². The van der Waals surface area contributed by atoms with Gasteiger partial charge in [0.1, 0.15) is 24.4 Å². The largest absolute Gasteiger partial charge is 1.00 e. The van der Waals surface area contributed by atoms with E-state index in [1.807, 2.05) is 0 Å². The Morgan fingerprint density at radius 1 is 0.833 bits per heavy atom. The second-order valence-electron chi connectivity index (χ2n) is 2.36. The molecule has 0 rings (SSSR count). The van der Waals surface area contributed by atoms with Crippen molar-refractivity contribution in [1.29, 1.82) is 0 Å². The zero-order valence-electron chi connectivity index (χ0n) is 10.4. The zero-order chi connectivity index (χ0) is 9.72.